The number of carbonyl (C=O) groups excluding carboxylic acids is 2. The Kier molecular flexibility index (Phi) is 5.82. The second kappa shape index (κ2) is 8.49. The summed E-state index contributed by atoms with van der Waals surface area (Å²) in [4.78, 5) is 35.6. The van der Waals surface area contributed by atoms with Crippen molar-refractivity contribution in [1.82, 2.24) is 20.2 Å². The second-order valence-electron chi connectivity index (χ2n) is 7.98. The summed E-state index contributed by atoms with van der Waals surface area (Å²) < 4.78 is 0. The molecule has 152 valence electrons. The number of rotatable bonds is 6. The van der Waals surface area contributed by atoms with Gasteiger partial charge in [-0.05, 0) is 37.8 Å². The predicted molar refractivity (Wildman–Crippen MR) is 105 cm³/mol. The normalized spacial score (nSPS) is 26.0. The largest absolute Gasteiger partial charge is 0.351 e. The Labute approximate surface area is 166 Å². The lowest BCUT2D eigenvalue weighted by Gasteiger charge is -2.34. The van der Waals surface area contributed by atoms with Crippen LogP contribution in [0.1, 0.15) is 38.2 Å². The van der Waals surface area contributed by atoms with Gasteiger partial charge < -0.3 is 15.1 Å². The number of nitrogens with zero attached hydrogens (tertiary/aromatic N) is 3. The van der Waals surface area contributed by atoms with Crippen LogP contribution in [0.4, 0.5) is 4.79 Å². The Balaban J connectivity index is 1.32. The number of carbonyl (C=O) groups is 2. The van der Waals surface area contributed by atoms with E-state index >= 15 is 0 Å². The molecule has 3 aliphatic heterocycles. The minimum absolute atomic E-state index is 0.00772. The molecule has 1 aromatic rings. The highest BCUT2D eigenvalue weighted by molar-refractivity contribution is 5.88. The zero-order valence-corrected chi connectivity index (χ0v) is 16.5. The lowest BCUT2D eigenvalue weighted by Crippen LogP contribution is -2.53. The Bertz CT molecular complexity index is 690. The van der Waals surface area contributed by atoms with Crippen molar-refractivity contribution in [3.63, 3.8) is 0 Å². The van der Waals surface area contributed by atoms with Crippen molar-refractivity contribution in [1.29, 1.82) is 0 Å². The van der Waals surface area contributed by atoms with Crippen LogP contribution in [0, 0.1) is 0 Å². The number of hydroxylamine groups is 2. The third kappa shape index (κ3) is 4.00. The molecule has 0 aromatic heterocycles. The van der Waals surface area contributed by atoms with E-state index in [-0.39, 0.29) is 30.1 Å². The van der Waals surface area contributed by atoms with Gasteiger partial charge in [-0.15, -0.1) is 0 Å². The van der Waals surface area contributed by atoms with Crippen LogP contribution in [0.5, 0.6) is 0 Å². The maximum absolute atomic E-state index is 12.9. The monoisotopic (exact) mass is 386 g/mol. The van der Waals surface area contributed by atoms with E-state index in [1.807, 2.05) is 30.3 Å². The van der Waals surface area contributed by atoms with Gasteiger partial charge in [0.25, 0.3) is 0 Å². The number of benzene rings is 1. The fraction of sp³-hybridized carbons (Fsp3) is 0.619. The van der Waals surface area contributed by atoms with Crippen LogP contribution >= 0.6 is 0 Å². The number of fused-ring (bicyclic) bond motifs is 2. The van der Waals surface area contributed by atoms with Gasteiger partial charge in [0.05, 0.1) is 6.04 Å². The number of amides is 3. The van der Waals surface area contributed by atoms with E-state index in [9.17, 15) is 9.59 Å². The van der Waals surface area contributed by atoms with Gasteiger partial charge in [-0.1, -0.05) is 37.3 Å². The van der Waals surface area contributed by atoms with Gasteiger partial charge in [0, 0.05) is 25.7 Å². The van der Waals surface area contributed by atoms with E-state index in [0.29, 0.717) is 19.6 Å². The summed E-state index contributed by atoms with van der Waals surface area (Å²) in [7, 11) is 0. The van der Waals surface area contributed by atoms with Crippen molar-refractivity contribution < 1.29 is 14.4 Å². The van der Waals surface area contributed by atoms with E-state index in [4.69, 9.17) is 4.84 Å². The van der Waals surface area contributed by atoms with E-state index in [2.05, 4.69) is 17.1 Å². The van der Waals surface area contributed by atoms with Crippen molar-refractivity contribution in [3.05, 3.63) is 35.9 Å². The molecular formula is C21H30N4O3. The van der Waals surface area contributed by atoms with Crippen molar-refractivity contribution in [2.24, 2.45) is 0 Å². The summed E-state index contributed by atoms with van der Waals surface area (Å²) >= 11 is 0. The molecule has 3 aliphatic rings. The van der Waals surface area contributed by atoms with Crippen molar-refractivity contribution >= 4 is 11.9 Å². The summed E-state index contributed by atoms with van der Waals surface area (Å²) in [6.45, 7) is 6.22. The molecule has 2 atom stereocenters. The number of hydrogen-bond donors (Lipinski definition) is 1. The van der Waals surface area contributed by atoms with Gasteiger partial charge in [-0.25, -0.2) is 4.79 Å². The van der Waals surface area contributed by atoms with Crippen LogP contribution in [-0.2, 0) is 16.2 Å². The number of nitrogens with one attached hydrogen (secondary N) is 1. The van der Waals surface area contributed by atoms with E-state index in [1.54, 1.807) is 4.90 Å². The van der Waals surface area contributed by atoms with Gasteiger partial charge in [-0.2, -0.15) is 5.06 Å². The zero-order chi connectivity index (χ0) is 19.5. The minimum atomic E-state index is -0.377. The molecule has 1 N–H and O–H groups in total. The highest BCUT2D eigenvalue weighted by Gasteiger charge is 2.48. The highest BCUT2D eigenvalue weighted by atomic mass is 16.7. The summed E-state index contributed by atoms with van der Waals surface area (Å²) in [5, 5.41) is 4.68. The molecule has 0 unspecified atom stereocenters. The Morgan fingerprint density at radius 2 is 1.89 bits per heavy atom. The van der Waals surface area contributed by atoms with Crippen LogP contribution in [0.2, 0.25) is 0 Å². The molecule has 0 spiro atoms. The molecule has 0 saturated carbocycles. The summed E-state index contributed by atoms with van der Waals surface area (Å²) in [5.41, 5.74) is 1.03. The number of likely N-dealkylation sites (tertiary alicyclic amines) is 1. The summed E-state index contributed by atoms with van der Waals surface area (Å²) in [5.74, 6) is -0.00772. The van der Waals surface area contributed by atoms with E-state index < -0.39 is 0 Å². The molecule has 3 heterocycles. The molecule has 1 aromatic carbocycles. The smallest absolute Gasteiger partial charge is 0.345 e. The first-order valence-corrected chi connectivity index (χ1v) is 10.4. The van der Waals surface area contributed by atoms with Gasteiger partial charge >= 0.3 is 6.03 Å². The van der Waals surface area contributed by atoms with Gasteiger partial charge in [-0.3, -0.25) is 9.63 Å². The van der Waals surface area contributed by atoms with E-state index in [0.717, 1.165) is 44.5 Å². The Morgan fingerprint density at radius 3 is 2.61 bits per heavy atom. The topological polar surface area (TPSA) is 65.1 Å². The molecule has 3 saturated heterocycles. The lowest BCUT2D eigenvalue weighted by atomic mass is 9.99. The quantitative estimate of drug-likeness (QED) is 0.812. The fourth-order valence-electron chi connectivity index (χ4n) is 4.48. The first kappa shape index (κ1) is 19.2. The molecule has 3 amide bonds. The molecule has 7 nitrogen and oxygen atoms in total. The van der Waals surface area contributed by atoms with Crippen molar-refractivity contribution in [3.8, 4) is 0 Å². The molecule has 28 heavy (non-hydrogen) atoms. The maximum atomic E-state index is 12.9. The molecule has 2 bridgehead atoms. The number of urea groups is 1. The molecule has 3 fully saturated rings. The average molecular weight is 386 g/mol. The van der Waals surface area contributed by atoms with Crippen LogP contribution in [0.3, 0.4) is 0 Å². The second-order valence-corrected chi connectivity index (χ2v) is 7.98. The lowest BCUT2D eigenvalue weighted by molar-refractivity contribution is -0.140. The van der Waals surface area contributed by atoms with Crippen molar-refractivity contribution in [2.45, 2.75) is 57.3 Å². The van der Waals surface area contributed by atoms with Gasteiger partial charge in [0.15, 0.2) is 0 Å². The SMILES string of the molecule is CCN1CCC(NC(=O)[C@@H]2CC[C@@H]3CN2C(=O)N3OCc2ccccc2)CC1. The standard InChI is InChI=1S/C21H30N4O3/c1-2-23-12-10-17(11-13-23)22-20(26)19-9-8-18-14-24(19)21(27)25(18)28-15-16-6-4-3-5-7-16/h3-7,17-19H,2,8-15H2,1H3,(H,22,26)/t18-,19+/m1/s1. The van der Waals surface area contributed by atoms with Gasteiger partial charge in [0.1, 0.15) is 12.6 Å². The third-order valence-electron chi connectivity index (χ3n) is 6.22. The Morgan fingerprint density at radius 1 is 1.14 bits per heavy atom. The van der Waals surface area contributed by atoms with Gasteiger partial charge in [0.2, 0.25) is 5.91 Å². The molecule has 0 radical (unpaired) electrons. The average Bonchev–Trinajstić information content (AvgIpc) is 2.97. The maximum Gasteiger partial charge on any atom is 0.345 e. The molecule has 4 rings (SSSR count). The van der Waals surface area contributed by atoms with Crippen LogP contribution in [0.25, 0.3) is 0 Å². The van der Waals surface area contributed by atoms with Crippen LogP contribution < -0.4 is 5.32 Å². The first-order chi connectivity index (χ1) is 13.7. The summed E-state index contributed by atoms with van der Waals surface area (Å²) in [6.07, 6.45) is 3.45. The van der Waals surface area contributed by atoms with E-state index in [1.165, 1.54) is 5.06 Å². The van der Waals surface area contributed by atoms with Crippen molar-refractivity contribution in [2.75, 3.05) is 26.2 Å². The Hall–Kier alpha value is -2.12. The molecule has 0 aliphatic carbocycles. The minimum Gasteiger partial charge on any atom is -0.351 e. The fourth-order valence-corrected chi connectivity index (χ4v) is 4.48. The first-order valence-electron chi connectivity index (χ1n) is 10.4. The predicted octanol–water partition coefficient (Wildman–Crippen LogP) is 1.99. The molecule has 7 heteroatoms. The van der Waals surface area contributed by atoms with Crippen LogP contribution in [0.15, 0.2) is 30.3 Å². The zero-order valence-electron chi connectivity index (χ0n) is 16.5. The third-order valence-corrected chi connectivity index (χ3v) is 6.22. The number of hydrogen-bond acceptors (Lipinski definition) is 4. The van der Waals surface area contributed by atoms with Crippen LogP contribution in [-0.4, -0.2) is 71.1 Å². The highest BCUT2D eigenvalue weighted by Crippen LogP contribution is 2.30. The summed E-state index contributed by atoms with van der Waals surface area (Å²) in [6, 6.07) is 9.52. The molecular weight excluding hydrogens is 356 g/mol. The number of piperidine rings is 2.